The van der Waals surface area contributed by atoms with Gasteiger partial charge < -0.3 is 14.4 Å². The first-order valence-electron chi connectivity index (χ1n) is 9.50. The molecule has 5 nitrogen and oxygen atoms in total. The highest BCUT2D eigenvalue weighted by atomic mass is 16.6. The molecule has 0 radical (unpaired) electrons. The highest BCUT2D eigenvalue weighted by Gasteiger charge is 2.53. The first-order chi connectivity index (χ1) is 13.3. The molecular weight excluding hydrogens is 354 g/mol. The quantitative estimate of drug-likeness (QED) is 0.728. The van der Waals surface area contributed by atoms with E-state index in [1.54, 1.807) is 4.90 Å². The fourth-order valence-electron chi connectivity index (χ4n) is 3.32. The molecule has 0 N–H and O–H groups in total. The number of hydrogen-bond acceptors (Lipinski definition) is 4. The van der Waals surface area contributed by atoms with Gasteiger partial charge in [0.2, 0.25) is 0 Å². The van der Waals surface area contributed by atoms with Gasteiger partial charge in [-0.1, -0.05) is 60.7 Å². The molecular formula is C23H27NO4. The zero-order chi connectivity index (χ0) is 20.2. The van der Waals surface area contributed by atoms with Crippen molar-refractivity contribution >= 4 is 12.1 Å². The van der Waals surface area contributed by atoms with Crippen LogP contribution in [0.1, 0.15) is 31.9 Å². The van der Waals surface area contributed by atoms with Crippen LogP contribution in [0.3, 0.4) is 0 Å². The van der Waals surface area contributed by atoms with Crippen LogP contribution < -0.4 is 0 Å². The molecule has 1 amide bonds. The summed E-state index contributed by atoms with van der Waals surface area (Å²) in [6.45, 7) is 6.31. The summed E-state index contributed by atoms with van der Waals surface area (Å²) in [5, 5.41) is 0. The van der Waals surface area contributed by atoms with E-state index in [2.05, 4.69) is 0 Å². The highest BCUT2D eigenvalue weighted by Crippen LogP contribution is 2.37. The zero-order valence-corrected chi connectivity index (χ0v) is 16.7. The first-order valence-corrected chi connectivity index (χ1v) is 9.50. The number of carbonyl (C=O) groups is 2. The molecule has 0 spiro atoms. The molecule has 148 valence electrons. The van der Waals surface area contributed by atoms with Crippen LogP contribution >= 0.6 is 0 Å². The number of rotatable bonds is 5. The molecule has 1 saturated heterocycles. The van der Waals surface area contributed by atoms with Crippen molar-refractivity contribution in [2.24, 2.45) is 5.41 Å². The van der Waals surface area contributed by atoms with Gasteiger partial charge in [0.15, 0.2) is 0 Å². The number of amides is 1. The van der Waals surface area contributed by atoms with Crippen molar-refractivity contribution in [3.8, 4) is 0 Å². The van der Waals surface area contributed by atoms with Crippen LogP contribution in [-0.2, 0) is 27.3 Å². The van der Waals surface area contributed by atoms with Crippen molar-refractivity contribution in [3.63, 3.8) is 0 Å². The van der Waals surface area contributed by atoms with Gasteiger partial charge in [0.1, 0.15) is 17.6 Å². The van der Waals surface area contributed by atoms with Gasteiger partial charge in [-0.2, -0.15) is 0 Å². The average Bonchev–Trinajstić information content (AvgIpc) is 2.62. The van der Waals surface area contributed by atoms with Crippen LogP contribution in [0.4, 0.5) is 4.79 Å². The lowest BCUT2D eigenvalue weighted by molar-refractivity contribution is -0.167. The van der Waals surface area contributed by atoms with Crippen molar-refractivity contribution in [1.82, 2.24) is 4.90 Å². The predicted octanol–water partition coefficient (Wildman–Crippen LogP) is 4.21. The van der Waals surface area contributed by atoms with E-state index < -0.39 is 17.1 Å². The predicted molar refractivity (Wildman–Crippen MR) is 107 cm³/mol. The SMILES string of the molecule is CC(C)(C)OC(=O)N1CC(Cc2ccccc2)(C(=O)OCc2ccccc2)C1. The Morgan fingerprint density at radius 3 is 2.00 bits per heavy atom. The monoisotopic (exact) mass is 381 g/mol. The molecule has 5 heteroatoms. The maximum Gasteiger partial charge on any atom is 0.410 e. The molecule has 0 aromatic heterocycles. The maximum atomic E-state index is 13.0. The summed E-state index contributed by atoms with van der Waals surface area (Å²) in [5.41, 5.74) is 0.673. The molecule has 0 aliphatic carbocycles. The number of hydrogen-bond donors (Lipinski definition) is 0. The number of ether oxygens (including phenoxy) is 2. The second-order valence-electron chi connectivity index (χ2n) is 8.34. The van der Waals surface area contributed by atoms with Crippen LogP contribution in [0, 0.1) is 5.41 Å². The second-order valence-corrected chi connectivity index (χ2v) is 8.34. The lowest BCUT2D eigenvalue weighted by Crippen LogP contribution is -2.64. The van der Waals surface area contributed by atoms with Crippen molar-refractivity contribution in [2.75, 3.05) is 13.1 Å². The molecule has 3 rings (SSSR count). The van der Waals surface area contributed by atoms with Crippen LogP contribution in [0.15, 0.2) is 60.7 Å². The van der Waals surface area contributed by atoms with Crippen LogP contribution in [-0.4, -0.2) is 35.7 Å². The number of esters is 1. The van der Waals surface area contributed by atoms with Crippen molar-refractivity contribution < 1.29 is 19.1 Å². The minimum atomic E-state index is -0.743. The summed E-state index contributed by atoms with van der Waals surface area (Å²) in [4.78, 5) is 26.9. The topological polar surface area (TPSA) is 55.8 Å². The fourth-order valence-corrected chi connectivity index (χ4v) is 3.32. The van der Waals surface area contributed by atoms with E-state index in [-0.39, 0.29) is 12.6 Å². The molecule has 1 heterocycles. The van der Waals surface area contributed by atoms with Crippen molar-refractivity contribution in [1.29, 1.82) is 0 Å². The standard InChI is InChI=1S/C23H27NO4/c1-22(2,3)28-21(26)24-16-23(17-24,14-18-10-6-4-7-11-18)20(25)27-15-19-12-8-5-9-13-19/h4-13H,14-17H2,1-3H3. The minimum Gasteiger partial charge on any atom is -0.460 e. The Morgan fingerprint density at radius 2 is 1.46 bits per heavy atom. The number of likely N-dealkylation sites (tertiary alicyclic amines) is 1. The molecule has 0 unspecified atom stereocenters. The Labute approximate surface area is 166 Å². The van der Waals surface area contributed by atoms with E-state index in [4.69, 9.17) is 9.47 Å². The summed E-state index contributed by atoms with van der Waals surface area (Å²) in [5.74, 6) is -0.278. The van der Waals surface area contributed by atoms with E-state index >= 15 is 0 Å². The number of nitrogens with zero attached hydrogens (tertiary/aromatic N) is 1. The van der Waals surface area contributed by atoms with Crippen molar-refractivity contribution in [3.05, 3.63) is 71.8 Å². The van der Waals surface area contributed by atoms with E-state index in [0.717, 1.165) is 11.1 Å². The van der Waals surface area contributed by atoms with Gasteiger partial charge in [0.25, 0.3) is 0 Å². The molecule has 2 aromatic carbocycles. The molecule has 1 aliphatic rings. The average molecular weight is 381 g/mol. The van der Waals surface area contributed by atoms with E-state index in [9.17, 15) is 9.59 Å². The molecule has 28 heavy (non-hydrogen) atoms. The van der Waals surface area contributed by atoms with Gasteiger partial charge in [-0.15, -0.1) is 0 Å². The van der Waals surface area contributed by atoms with Crippen molar-refractivity contribution in [2.45, 2.75) is 39.4 Å². The summed E-state index contributed by atoms with van der Waals surface area (Å²) < 4.78 is 11.0. The van der Waals surface area contributed by atoms with Crippen LogP contribution in [0.2, 0.25) is 0 Å². The molecule has 0 saturated carbocycles. The summed E-state index contributed by atoms with van der Waals surface area (Å²) in [6, 6.07) is 19.4. The van der Waals surface area contributed by atoms with Crippen LogP contribution in [0.5, 0.6) is 0 Å². The summed E-state index contributed by atoms with van der Waals surface area (Å²) in [6.07, 6.45) is 0.132. The number of carbonyl (C=O) groups excluding carboxylic acids is 2. The Balaban J connectivity index is 1.69. The summed E-state index contributed by atoms with van der Waals surface area (Å²) >= 11 is 0. The van der Waals surface area contributed by atoms with Crippen LogP contribution in [0.25, 0.3) is 0 Å². The van der Waals surface area contributed by atoms with Gasteiger partial charge in [0, 0.05) is 13.1 Å². The van der Waals surface area contributed by atoms with E-state index in [0.29, 0.717) is 19.5 Å². The van der Waals surface area contributed by atoms with E-state index in [1.165, 1.54) is 0 Å². The van der Waals surface area contributed by atoms with Gasteiger partial charge >= 0.3 is 12.1 Å². The third-order valence-corrected chi connectivity index (χ3v) is 4.67. The Bertz CT molecular complexity index is 806. The molecule has 0 bridgehead atoms. The Hall–Kier alpha value is -2.82. The third-order valence-electron chi connectivity index (χ3n) is 4.67. The Morgan fingerprint density at radius 1 is 0.929 bits per heavy atom. The van der Waals surface area contributed by atoms with Gasteiger partial charge in [0.05, 0.1) is 0 Å². The molecule has 1 aliphatic heterocycles. The largest absolute Gasteiger partial charge is 0.460 e. The van der Waals surface area contributed by atoms with E-state index in [1.807, 2.05) is 81.4 Å². The smallest absolute Gasteiger partial charge is 0.410 e. The molecule has 2 aromatic rings. The lowest BCUT2D eigenvalue weighted by atomic mass is 9.75. The minimum absolute atomic E-state index is 0.225. The third kappa shape index (κ3) is 4.91. The zero-order valence-electron chi connectivity index (χ0n) is 16.7. The number of benzene rings is 2. The van der Waals surface area contributed by atoms with Gasteiger partial charge in [-0.05, 0) is 38.3 Å². The first kappa shape index (κ1) is 19.9. The van der Waals surface area contributed by atoms with Gasteiger partial charge in [-0.3, -0.25) is 4.79 Å². The highest BCUT2D eigenvalue weighted by molar-refractivity contribution is 5.82. The fraction of sp³-hybridized carbons (Fsp3) is 0.391. The molecule has 1 fully saturated rings. The normalized spacial score (nSPS) is 15.5. The van der Waals surface area contributed by atoms with Gasteiger partial charge in [-0.25, -0.2) is 4.79 Å². The second kappa shape index (κ2) is 8.05. The Kier molecular flexibility index (Phi) is 5.73. The molecule has 0 atom stereocenters. The maximum absolute atomic E-state index is 13.0. The summed E-state index contributed by atoms with van der Waals surface area (Å²) in [7, 11) is 0. The lowest BCUT2D eigenvalue weighted by Gasteiger charge is -2.48.